The number of amides is 2. The average Bonchev–Trinajstić information content (AvgIpc) is 2.82. The van der Waals surface area contributed by atoms with Crippen LogP contribution >= 0.6 is 0 Å². The molecule has 4 heteroatoms. The average molecular weight is 238 g/mol. The summed E-state index contributed by atoms with van der Waals surface area (Å²) in [5, 5.41) is 0. The first-order chi connectivity index (χ1) is 8.03. The minimum absolute atomic E-state index is 0.125. The zero-order chi connectivity index (χ0) is 12.6. The molecule has 0 saturated carbocycles. The van der Waals surface area contributed by atoms with Gasteiger partial charge < -0.3 is 9.80 Å². The van der Waals surface area contributed by atoms with E-state index in [1.807, 2.05) is 4.90 Å². The summed E-state index contributed by atoms with van der Waals surface area (Å²) in [5.41, 5.74) is -0.165. The number of carbonyl (C=O) groups is 2. The first-order valence-corrected chi connectivity index (χ1v) is 6.64. The Labute approximate surface area is 103 Å². The molecular formula is C13H22N2O2. The van der Waals surface area contributed by atoms with Gasteiger partial charge >= 0.3 is 0 Å². The van der Waals surface area contributed by atoms with Crippen LogP contribution in [0.4, 0.5) is 0 Å². The quantitative estimate of drug-likeness (QED) is 0.745. The van der Waals surface area contributed by atoms with E-state index in [9.17, 15) is 9.59 Å². The Morgan fingerprint density at radius 3 is 2.53 bits per heavy atom. The van der Waals surface area contributed by atoms with Gasteiger partial charge in [0.2, 0.25) is 11.8 Å². The number of hydrogen-bond acceptors (Lipinski definition) is 2. The maximum atomic E-state index is 12.4. The van der Waals surface area contributed by atoms with Crippen molar-refractivity contribution in [3.63, 3.8) is 0 Å². The summed E-state index contributed by atoms with van der Waals surface area (Å²) in [6.45, 7) is 7.29. The monoisotopic (exact) mass is 238 g/mol. The molecule has 2 aliphatic rings. The molecule has 4 nitrogen and oxygen atoms in total. The predicted octanol–water partition coefficient (Wildman–Crippen LogP) is 1.40. The van der Waals surface area contributed by atoms with Crippen LogP contribution < -0.4 is 0 Å². The van der Waals surface area contributed by atoms with E-state index in [0.29, 0.717) is 0 Å². The SMILES string of the molecule is CCC(C)(CC)N1CC(=O)N2CCCC2C1=O. The number of hydrogen-bond donors (Lipinski definition) is 0. The normalized spacial score (nSPS) is 25.5. The van der Waals surface area contributed by atoms with Crippen molar-refractivity contribution in [1.82, 2.24) is 9.80 Å². The van der Waals surface area contributed by atoms with Crippen LogP contribution in [0, 0.1) is 0 Å². The Kier molecular flexibility index (Phi) is 3.15. The fraction of sp³-hybridized carbons (Fsp3) is 0.846. The van der Waals surface area contributed by atoms with E-state index in [-0.39, 0.29) is 29.9 Å². The topological polar surface area (TPSA) is 40.6 Å². The van der Waals surface area contributed by atoms with Gasteiger partial charge in [0.1, 0.15) is 12.6 Å². The summed E-state index contributed by atoms with van der Waals surface area (Å²) in [7, 11) is 0. The fourth-order valence-electron chi connectivity index (χ4n) is 2.89. The van der Waals surface area contributed by atoms with Crippen molar-refractivity contribution < 1.29 is 9.59 Å². The van der Waals surface area contributed by atoms with Gasteiger partial charge in [-0.1, -0.05) is 13.8 Å². The highest BCUT2D eigenvalue weighted by Crippen LogP contribution is 2.31. The molecule has 2 amide bonds. The van der Waals surface area contributed by atoms with Crippen molar-refractivity contribution in [1.29, 1.82) is 0 Å². The molecule has 0 aromatic rings. The number of piperazine rings is 1. The lowest BCUT2D eigenvalue weighted by atomic mass is 9.91. The summed E-state index contributed by atoms with van der Waals surface area (Å²) in [5.74, 6) is 0.286. The maximum Gasteiger partial charge on any atom is 0.246 e. The lowest BCUT2D eigenvalue weighted by Crippen LogP contribution is -2.63. The Balaban J connectivity index is 2.25. The van der Waals surface area contributed by atoms with Crippen molar-refractivity contribution >= 4 is 11.8 Å². The molecule has 0 aliphatic carbocycles. The van der Waals surface area contributed by atoms with Gasteiger partial charge in [-0.2, -0.15) is 0 Å². The second-order valence-electron chi connectivity index (χ2n) is 5.37. The zero-order valence-corrected chi connectivity index (χ0v) is 11.0. The second kappa shape index (κ2) is 4.31. The first-order valence-electron chi connectivity index (χ1n) is 6.64. The van der Waals surface area contributed by atoms with E-state index in [2.05, 4.69) is 20.8 Å². The maximum absolute atomic E-state index is 12.4. The van der Waals surface area contributed by atoms with E-state index in [1.165, 1.54) is 0 Å². The van der Waals surface area contributed by atoms with Crippen LogP contribution in [0.1, 0.15) is 46.5 Å². The number of carbonyl (C=O) groups excluding carboxylic acids is 2. The lowest BCUT2D eigenvalue weighted by molar-refractivity contribution is -0.159. The van der Waals surface area contributed by atoms with E-state index in [1.54, 1.807) is 4.90 Å². The predicted molar refractivity (Wildman–Crippen MR) is 65.4 cm³/mol. The molecule has 2 aliphatic heterocycles. The van der Waals surface area contributed by atoms with Crippen molar-refractivity contribution in [3.8, 4) is 0 Å². The molecule has 17 heavy (non-hydrogen) atoms. The Morgan fingerprint density at radius 1 is 1.29 bits per heavy atom. The molecule has 2 heterocycles. The fourth-order valence-corrected chi connectivity index (χ4v) is 2.89. The summed E-state index contributed by atoms with van der Waals surface area (Å²) in [6, 6.07) is -0.173. The largest absolute Gasteiger partial charge is 0.329 e. The highest BCUT2D eigenvalue weighted by molar-refractivity contribution is 5.95. The summed E-state index contributed by atoms with van der Waals surface area (Å²) in [6.07, 6.45) is 3.60. The van der Waals surface area contributed by atoms with Crippen molar-refractivity contribution in [3.05, 3.63) is 0 Å². The van der Waals surface area contributed by atoms with Gasteiger partial charge in [-0.3, -0.25) is 9.59 Å². The van der Waals surface area contributed by atoms with Crippen LogP contribution in [-0.2, 0) is 9.59 Å². The molecule has 0 bridgehead atoms. The van der Waals surface area contributed by atoms with Gasteiger partial charge in [-0.05, 0) is 32.6 Å². The summed E-state index contributed by atoms with van der Waals surface area (Å²) >= 11 is 0. The van der Waals surface area contributed by atoms with Crippen LogP contribution in [0.3, 0.4) is 0 Å². The standard InChI is InChI=1S/C13H22N2O2/c1-4-13(3,5-2)15-9-11(16)14-8-6-7-10(14)12(15)17/h10H,4-9H2,1-3H3. The van der Waals surface area contributed by atoms with Crippen LogP contribution in [0.25, 0.3) is 0 Å². The minimum atomic E-state index is -0.173. The van der Waals surface area contributed by atoms with Gasteiger partial charge in [0.25, 0.3) is 0 Å². The van der Waals surface area contributed by atoms with Gasteiger partial charge in [0, 0.05) is 12.1 Å². The third-order valence-corrected chi connectivity index (χ3v) is 4.59. The number of fused-ring (bicyclic) bond motifs is 1. The lowest BCUT2D eigenvalue weighted by Gasteiger charge is -2.46. The van der Waals surface area contributed by atoms with Gasteiger partial charge in [-0.25, -0.2) is 0 Å². The highest BCUT2D eigenvalue weighted by atomic mass is 16.2. The molecule has 2 saturated heterocycles. The third kappa shape index (κ3) is 1.83. The molecule has 0 spiro atoms. The summed E-state index contributed by atoms with van der Waals surface area (Å²) < 4.78 is 0. The molecule has 2 fully saturated rings. The van der Waals surface area contributed by atoms with Gasteiger partial charge in [0.15, 0.2) is 0 Å². The highest BCUT2D eigenvalue weighted by Gasteiger charge is 2.46. The van der Waals surface area contributed by atoms with Crippen molar-refractivity contribution in [2.24, 2.45) is 0 Å². The molecule has 0 radical (unpaired) electrons. The molecule has 0 N–H and O–H groups in total. The molecule has 0 aromatic heterocycles. The molecule has 96 valence electrons. The molecule has 1 atom stereocenters. The van der Waals surface area contributed by atoms with Crippen LogP contribution in [0.5, 0.6) is 0 Å². The first kappa shape index (κ1) is 12.4. The number of nitrogens with zero attached hydrogens (tertiary/aromatic N) is 2. The van der Waals surface area contributed by atoms with Gasteiger partial charge in [0.05, 0.1) is 0 Å². The molecule has 0 aromatic carbocycles. The smallest absolute Gasteiger partial charge is 0.246 e. The van der Waals surface area contributed by atoms with Crippen molar-refractivity contribution in [2.75, 3.05) is 13.1 Å². The minimum Gasteiger partial charge on any atom is -0.329 e. The van der Waals surface area contributed by atoms with Gasteiger partial charge in [-0.15, -0.1) is 0 Å². The molecule has 1 unspecified atom stereocenters. The Morgan fingerprint density at radius 2 is 1.94 bits per heavy atom. The van der Waals surface area contributed by atoms with E-state index in [0.717, 1.165) is 32.2 Å². The van der Waals surface area contributed by atoms with E-state index < -0.39 is 0 Å². The number of rotatable bonds is 3. The van der Waals surface area contributed by atoms with Crippen LogP contribution in [-0.4, -0.2) is 46.3 Å². The molecular weight excluding hydrogens is 216 g/mol. The summed E-state index contributed by atoms with van der Waals surface area (Å²) in [4.78, 5) is 28.1. The van der Waals surface area contributed by atoms with Crippen LogP contribution in [0.15, 0.2) is 0 Å². The zero-order valence-electron chi connectivity index (χ0n) is 11.0. The van der Waals surface area contributed by atoms with Crippen molar-refractivity contribution in [2.45, 2.75) is 58.0 Å². The van der Waals surface area contributed by atoms with E-state index in [4.69, 9.17) is 0 Å². The second-order valence-corrected chi connectivity index (χ2v) is 5.37. The Hall–Kier alpha value is -1.06. The van der Waals surface area contributed by atoms with E-state index >= 15 is 0 Å². The van der Waals surface area contributed by atoms with Crippen LogP contribution in [0.2, 0.25) is 0 Å². The molecule has 2 rings (SSSR count). The third-order valence-electron chi connectivity index (χ3n) is 4.59. The Bertz CT molecular complexity index is 336.